The Kier molecular flexibility index (Phi) is 6.96. The minimum atomic E-state index is 0.145. The van der Waals surface area contributed by atoms with Gasteiger partial charge in [0.15, 0.2) is 11.5 Å². The van der Waals surface area contributed by atoms with Gasteiger partial charge >= 0.3 is 0 Å². The van der Waals surface area contributed by atoms with E-state index in [1.165, 1.54) is 7.11 Å². The molecule has 25 heavy (non-hydrogen) atoms. The fourth-order valence-corrected chi connectivity index (χ4v) is 2.39. The van der Waals surface area contributed by atoms with Gasteiger partial charge in [0, 0.05) is 11.6 Å². The van der Waals surface area contributed by atoms with E-state index in [1.807, 2.05) is 30.4 Å². The lowest BCUT2D eigenvalue weighted by atomic mass is 10.1. The zero-order chi connectivity index (χ0) is 18.1. The maximum absolute atomic E-state index is 9.88. The summed E-state index contributed by atoms with van der Waals surface area (Å²) in [7, 11) is 3.11. The van der Waals surface area contributed by atoms with Crippen LogP contribution in [-0.4, -0.2) is 24.4 Å². The summed E-state index contributed by atoms with van der Waals surface area (Å²) in [6, 6.07) is 10.6. The molecule has 0 saturated heterocycles. The summed E-state index contributed by atoms with van der Waals surface area (Å²) in [4.78, 5) is 0. The molecule has 0 radical (unpaired) electrons. The van der Waals surface area contributed by atoms with E-state index in [-0.39, 0.29) is 11.5 Å². The molecule has 0 aromatic heterocycles. The Labute approximate surface area is 148 Å². The number of benzene rings is 2. The van der Waals surface area contributed by atoms with Gasteiger partial charge in [0.25, 0.3) is 0 Å². The lowest BCUT2D eigenvalue weighted by molar-refractivity contribution is 0.373. The number of rotatable bonds is 8. The monoisotopic (exact) mass is 340 g/mol. The van der Waals surface area contributed by atoms with Crippen molar-refractivity contribution in [2.24, 2.45) is 0 Å². The highest BCUT2D eigenvalue weighted by Crippen LogP contribution is 2.27. The number of hydrogen-bond acceptors (Lipinski definition) is 4. The Morgan fingerprint density at radius 3 is 2.24 bits per heavy atom. The largest absolute Gasteiger partial charge is 0.507 e. The van der Waals surface area contributed by atoms with E-state index in [2.05, 4.69) is 12.2 Å². The zero-order valence-electron chi connectivity index (χ0n) is 14.6. The first-order valence-corrected chi connectivity index (χ1v) is 8.21. The summed E-state index contributed by atoms with van der Waals surface area (Å²) in [6.45, 7) is 0. The van der Waals surface area contributed by atoms with E-state index < -0.39 is 0 Å². The van der Waals surface area contributed by atoms with Crippen molar-refractivity contribution >= 4 is 12.2 Å². The number of hydrogen-bond donors (Lipinski definition) is 2. The summed E-state index contributed by atoms with van der Waals surface area (Å²) in [6.07, 6.45) is 10.9. The van der Waals surface area contributed by atoms with Gasteiger partial charge in [-0.05, 0) is 49.1 Å². The van der Waals surface area contributed by atoms with Gasteiger partial charge in [-0.2, -0.15) is 0 Å². The zero-order valence-corrected chi connectivity index (χ0v) is 14.6. The van der Waals surface area contributed by atoms with Gasteiger partial charge in [0.05, 0.1) is 14.2 Å². The standard InChI is InChI=1S/C21H24O4/c1-24-18-12-11-17(19(22)15-18)9-7-5-3-4-6-8-16-10-13-21(25-2)20(23)14-16/h6-15,22-23H,3-5H2,1-2H3/b8-6+,9-7+. The van der Waals surface area contributed by atoms with Crippen LogP contribution in [0.15, 0.2) is 48.6 Å². The molecule has 0 aliphatic carbocycles. The summed E-state index contributed by atoms with van der Waals surface area (Å²) in [5.41, 5.74) is 1.72. The molecule has 0 aliphatic heterocycles. The predicted molar refractivity (Wildman–Crippen MR) is 101 cm³/mol. The highest BCUT2D eigenvalue weighted by atomic mass is 16.5. The average Bonchev–Trinajstić information content (AvgIpc) is 2.62. The third-order valence-electron chi connectivity index (χ3n) is 3.79. The Balaban J connectivity index is 1.77. The second kappa shape index (κ2) is 9.42. The molecule has 2 N–H and O–H groups in total. The number of unbranched alkanes of at least 4 members (excludes halogenated alkanes) is 2. The van der Waals surface area contributed by atoms with Gasteiger partial charge in [-0.25, -0.2) is 0 Å². The van der Waals surface area contributed by atoms with Crippen molar-refractivity contribution in [2.45, 2.75) is 19.3 Å². The molecule has 0 fully saturated rings. The number of phenolic OH excluding ortho intramolecular Hbond substituents is 2. The molecule has 4 heteroatoms. The molecular weight excluding hydrogens is 316 g/mol. The molecule has 0 bridgehead atoms. The highest BCUT2D eigenvalue weighted by molar-refractivity contribution is 5.58. The molecular formula is C21H24O4. The normalized spacial score (nSPS) is 11.3. The summed E-state index contributed by atoms with van der Waals surface area (Å²) >= 11 is 0. The molecule has 4 nitrogen and oxygen atoms in total. The maximum atomic E-state index is 9.88. The molecule has 0 atom stereocenters. The van der Waals surface area contributed by atoms with Crippen LogP contribution in [-0.2, 0) is 0 Å². The Morgan fingerprint density at radius 2 is 1.60 bits per heavy atom. The van der Waals surface area contributed by atoms with Crippen LogP contribution in [0.2, 0.25) is 0 Å². The molecule has 2 aromatic carbocycles. The first-order chi connectivity index (χ1) is 12.1. The van der Waals surface area contributed by atoms with Crippen LogP contribution in [0.5, 0.6) is 23.0 Å². The van der Waals surface area contributed by atoms with Crippen molar-refractivity contribution in [3.05, 3.63) is 59.7 Å². The fourth-order valence-electron chi connectivity index (χ4n) is 2.39. The van der Waals surface area contributed by atoms with Crippen LogP contribution >= 0.6 is 0 Å². The highest BCUT2D eigenvalue weighted by Gasteiger charge is 2.00. The molecule has 0 heterocycles. The van der Waals surface area contributed by atoms with Crippen molar-refractivity contribution in [3.8, 4) is 23.0 Å². The Morgan fingerprint density at radius 1 is 0.840 bits per heavy atom. The van der Waals surface area contributed by atoms with E-state index in [4.69, 9.17) is 9.47 Å². The minimum absolute atomic E-state index is 0.145. The van der Waals surface area contributed by atoms with Gasteiger partial charge in [-0.1, -0.05) is 30.4 Å². The van der Waals surface area contributed by atoms with Crippen LogP contribution in [0, 0.1) is 0 Å². The summed E-state index contributed by atoms with van der Waals surface area (Å²) in [5, 5.41) is 19.6. The Bertz CT molecular complexity index is 748. The number of phenols is 2. The lowest BCUT2D eigenvalue weighted by Crippen LogP contribution is -1.83. The first kappa shape index (κ1) is 18.5. The lowest BCUT2D eigenvalue weighted by Gasteiger charge is -2.03. The SMILES string of the molecule is COc1ccc(/C=C/CCC/C=C/c2ccc(OC)c(O)c2)c(O)c1. The quantitative estimate of drug-likeness (QED) is 0.663. The van der Waals surface area contributed by atoms with Crippen molar-refractivity contribution < 1.29 is 19.7 Å². The van der Waals surface area contributed by atoms with E-state index in [0.29, 0.717) is 11.5 Å². The number of allylic oxidation sites excluding steroid dienone is 2. The van der Waals surface area contributed by atoms with E-state index in [9.17, 15) is 10.2 Å². The minimum Gasteiger partial charge on any atom is -0.507 e. The van der Waals surface area contributed by atoms with Crippen LogP contribution in [0.4, 0.5) is 0 Å². The number of ether oxygens (including phenoxy) is 2. The topological polar surface area (TPSA) is 58.9 Å². The smallest absolute Gasteiger partial charge is 0.160 e. The summed E-state index contributed by atoms with van der Waals surface area (Å²) in [5.74, 6) is 1.48. The number of methoxy groups -OCH3 is 2. The maximum Gasteiger partial charge on any atom is 0.160 e. The Hall–Kier alpha value is -2.88. The van der Waals surface area contributed by atoms with Crippen molar-refractivity contribution in [3.63, 3.8) is 0 Å². The first-order valence-electron chi connectivity index (χ1n) is 8.21. The van der Waals surface area contributed by atoms with Gasteiger partial charge in [0.1, 0.15) is 11.5 Å². The van der Waals surface area contributed by atoms with Crippen molar-refractivity contribution in [2.75, 3.05) is 14.2 Å². The summed E-state index contributed by atoms with van der Waals surface area (Å²) < 4.78 is 10.1. The second-order valence-electron chi connectivity index (χ2n) is 5.59. The molecule has 0 aliphatic rings. The number of aromatic hydroxyl groups is 2. The van der Waals surface area contributed by atoms with E-state index in [1.54, 1.807) is 25.3 Å². The third-order valence-corrected chi connectivity index (χ3v) is 3.79. The molecule has 0 saturated carbocycles. The van der Waals surface area contributed by atoms with Gasteiger partial charge < -0.3 is 19.7 Å². The third kappa shape index (κ3) is 5.60. The fraction of sp³-hybridized carbons (Fsp3) is 0.238. The van der Waals surface area contributed by atoms with Crippen molar-refractivity contribution in [1.29, 1.82) is 0 Å². The van der Waals surface area contributed by atoms with Crippen LogP contribution in [0.25, 0.3) is 12.2 Å². The molecule has 2 rings (SSSR count). The van der Waals surface area contributed by atoms with E-state index in [0.717, 1.165) is 30.4 Å². The van der Waals surface area contributed by atoms with E-state index >= 15 is 0 Å². The molecule has 0 spiro atoms. The van der Waals surface area contributed by atoms with Gasteiger partial charge in [-0.3, -0.25) is 0 Å². The van der Waals surface area contributed by atoms with Gasteiger partial charge in [-0.15, -0.1) is 0 Å². The predicted octanol–water partition coefficient (Wildman–Crippen LogP) is 5.01. The molecule has 0 unspecified atom stereocenters. The second-order valence-corrected chi connectivity index (χ2v) is 5.59. The molecule has 132 valence electrons. The average molecular weight is 340 g/mol. The molecule has 2 aromatic rings. The van der Waals surface area contributed by atoms with Crippen LogP contribution in [0.3, 0.4) is 0 Å². The van der Waals surface area contributed by atoms with Crippen molar-refractivity contribution in [1.82, 2.24) is 0 Å². The van der Waals surface area contributed by atoms with Gasteiger partial charge in [0.2, 0.25) is 0 Å². The van der Waals surface area contributed by atoms with Crippen LogP contribution in [0.1, 0.15) is 30.4 Å². The van der Waals surface area contributed by atoms with Crippen LogP contribution < -0.4 is 9.47 Å². The molecule has 0 amide bonds.